The summed E-state index contributed by atoms with van der Waals surface area (Å²) in [6.45, 7) is 7.72. The summed E-state index contributed by atoms with van der Waals surface area (Å²) in [6, 6.07) is -0.735. The lowest BCUT2D eigenvalue weighted by Crippen LogP contribution is -2.53. The summed E-state index contributed by atoms with van der Waals surface area (Å²) in [5.41, 5.74) is 4.90. The Morgan fingerprint density at radius 1 is 1.50 bits per heavy atom. The van der Waals surface area contributed by atoms with Crippen LogP contribution in [-0.2, 0) is 9.59 Å². The first kappa shape index (κ1) is 15.3. The number of carboxylic acids is 1. The number of amides is 1. The van der Waals surface area contributed by atoms with E-state index in [2.05, 4.69) is 0 Å². The van der Waals surface area contributed by atoms with E-state index in [1.807, 2.05) is 13.8 Å². The van der Waals surface area contributed by atoms with Gasteiger partial charge in [-0.25, -0.2) is 4.79 Å². The largest absolute Gasteiger partial charge is 0.480 e. The molecule has 0 saturated carbocycles. The first-order valence-electron chi connectivity index (χ1n) is 6.09. The number of thioether (sulfide) groups is 1. The van der Waals surface area contributed by atoms with Gasteiger partial charge >= 0.3 is 5.97 Å². The molecular weight excluding hydrogens is 252 g/mol. The van der Waals surface area contributed by atoms with Crippen LogP contribution in [0.1, 0.15) is 27.7 Å². The minimum absolute atomic E-state index is 0.0792. The number of rotatable bonds is 4. The third-order valence-electron chi connectivity index (χ3n) is 3.21. The van der Waals surface area contributed by atoms with Gasteiger partial charge in [0.15, 0.2) is 0 Å². The molecule has 1 heterocycles. The Labute approximate surface area is 112 Å². The second-order valence-electron chi connectivity index (χ2n) is 5.62. The fourth-order valence-electron chi connectivity index (χ4n) is 1.93. The number of carboxylic acid groups (broad SMARTS) is 1. The Morgan fingerprint density at radius 2 is 2.06 bits per heavy atom. The van der Waals surface area contributed by atoms with Gasteiger partial charge in [-0.1, -0.05) is 13.8 Å². The molecule has 1 rings (SSSR count). The van der Waals surface area contributed by atoms with Gasteiger partial charge in [0.2, 0.25) is 5.91 Å². The molecule has 18 heavy (non-hydrogen) atoms. The molecule has 0 aromatic rings. The van der Waals surface area contributed by atoms with Gasteiger partial charge in [-0.3, -0.25) is 4.79 Å². The smallest absolute Gasteiger partial charge is 0.327 e. The average molecular weight is 274 g/mol. The van der Waals surface area contributed by atoms with Gasteiger partial charge < -0.3 is 15.7 Å². The van der Waals surface area contributed by atoms with Crippen LogP contribution in [0.3, 0.4) is 0 Å². The highest BCUT2D eigenvalue weighted by atomic mass is 32.2. The molecule has 2 atom stereocenters. The molecule has 1 saturated heterocycles. The highest BCUT2D eigenvalue weighted by Gasteiger charge is 2.46. The molecule has 0 aromatic carbocycles. The number of carbonyl (C=O) groups is 2. The summed E-state index contributed by atoms with van der Waals surface area (Å²) in [7, 11) is 0. The Hall–Kier alpha value is -0.750. The van der Waals surface area contributed by atoms with Gasteiger partial charge in [-0.15, -0.1) is 11.8 Å². The third kappa shape index (κ3) is 2.80. The van der Waals surface area contributed by atoms with Crippen molar-refractivity contribution in [2.75, 3.05) is 12.3 Å². The Kier molecular flexibility index (Phi) is 4.66. The molecular formula is C12H22N2O3S. The average Bonchev–Trinajstić information content (AvgIpc) is 2.72. The van der Waals surface area contributed by atoms with Gasteiger partial charge in [0.1, 0.15) is 6.04 Å². The van der Waals surface area contributed by atoms with E-state index >= 15 is 0 Å². The van der Waals surface area contributed by atoms with Gasteiger partial charge in [-0.05, 0) is 19.8 Å². The molecule has 0 spiro atoms. The summed E-state index contributed by atoms with van der Waals surface area (Å²) < 4.78 is 0. The molecule has 0 bridgehead atoms. The molecule has 5 nitrogen and oxygen atoms in total. The number of carbonyl (C=O) groups excluding carboxylic acids is 1. The second kappa shape index (κ2) is 5.48. The van der Waals surface area contributed by atoms with Crippen molar-refractivity contribution in [1.82, 2.24) is 4.90 Å². The zero-order valence-corrected chi connectivity index (χ0v) is 12.2. The molecule has 6 heteroatoms. The number of nitrogens with zero attached hydrogens (tertiary/aromatic N) is 1. The summed E-state index contributed by atoms with van der Waals surface area (Å²) in [6.07, 6.45) is 0. The van der Waals surface area contributed by atoms with Crippen molar-refractivity contribution >= 4 is 23.6 Å². The maximum Gasteiger partial charge on any atom is 0.327 e. The molecule has 1 amide bonds. The summed E-state index contributed by atoms with van der Waals surface area (Å²) in [5, 5.41) is 9.15. The molecule has 0 aliphatic carbocycles. The number of nitrogens with two attached hydrogens (primary N) is 1. The van der Waals surface area contributed by atoms with Crippen molar-refractivity contribution in [2.24, 2.45) is 17.1 Å². The SMILES string of the molecule is CC(C)C1SCC(C(=O)O)N1C(=O)C(C)(C)CN. The van der Waals surface area contributed by atoms with Crippen LogP contribution in [0.5, 0.6) is 0 Å². The van der Waals surface area contributed by atoms with Crippen molar-refractivity contribution in [2.45, 2.75) is 39.1 Å². The standard InChI is InChI=1S/C12H22N2O3S/c1-7(2)9-14(8(5-18-9)10(15)16)11(17)12(3,4)6-13/h7-9H,5-6,13H2,1-4H3,(H,15,16). The minimum Gasteiger partial charge on any atom is -0.480 e. The van der Waals surface area contributed by atoms with Crippen LogP contribution >= 0.6 is 11.8 Å². The minimum atomic E-state index is -0.938. The predicted molar refractivity (Wildman–Crippen MR) is 72.2 cm³/mol. The van der Waals surface area contributed by atoms with Crippen LogP contribution in [0.4, 0.5) is 0 Å². The van der Waals surface area contributed by atoms with Crippen LogP contribution < -0.4 is 5.73 Å². The van der Waals surface area contributed by atoms with Crippen molar-refractivity contribution in [3.05, 3.63) is 0 Å². The molecule has 0 aromatic heterocycles. The normalized spacial score (nSPS) is 24.7. The van der Waals surface area contributed by atoms with E-state index in [9.17, 15) is 14.7 Å². The lowest BCUT2D eigenvalue weighted by atomic mass is 9.90. The molecule has 1 aliphatic heterocycles. The monoisotopic (exact) mass is 274 g/mol. The summed E-state index contributed by atoms with van der Waals surface area (Å²) in [5.74, 6) is -0.435. The van der Waals surface area contributed by atoms with E-state index in [1.165, 1.54) is 16.7 Å². The van der Waals surface area contributed by atoms with Crippen LogP contribution in [0.25, 0.3) is 0 Å². The maximum absolute atomic E-state index is 12.5. The summed E-state index contributed by atoms with van der Waals surface area (Å²) in [4.78, 5) is 25.3. The highest BCUT2D eigenvalue weighted by molar-refractivity contribution is 8.00. The summed E-state index contributed by atoms with van der Waals surface area (Å²) >= 11 is 1.53. The van der Waals surface area contributed by atoms with E-state index in [0.29, 0.717) is 5.75 Å². The molecule has 104 valence electrons. The Morgan fingerprint density at radius 3 is 2.44 bits per heavy atom. The zero-order valence-electron chi connectivity index (χ0n) is 11.3. The van der Waals surface area contributed by atoms with Gasteiger partial charge in [0, 0.05) is 12.3 Å². The van der Waals surface area contributed by atoms with E-state index in [4.69, 9.17) is 5.73 Å². The Balaban J connectivity index is 3.04. The van der Waals surface area contributed by atoms with Crippen molar-refractivity contribution in [3.8, 4) is 0 Å². The lowest BCUT2D eigenvalue weighted by Gasteiger charge is -2.35. The molecule has 1 aliphatic rings. The van der Waals surface area contributed by atoms with Crippen LogP contribution in [0.15, 0.2) is 0 Å². The Bertz CT molecular complexity index is 344. The van der Waals surface area contributed by atoms with Gasteiger partial charge in [0.25, 0.3) is 0 Å². The number of hydrogen-bond donors (Lipinski definition) is 2. The topological polar surface area (TPSA) is 83.6 Å². The number of hydrogen-bond acceptors (Lipinski definition) is 4. The fraction of sp³-hybridized carbons (Fsp3) is 0.833. The van der Waals surface area contributed by atoms with Gasteiger partial charge in [-0.2, -0.15) is 0 Å². The third-order valence-corrected chi connectivity index (χ3v) is 4.84. The van der Waals surface area contributed by atoms with Crippen LogP contribution in [0.2, 0.25) is 0 Å². The van der Waals surface area contributed by atoms with Crippen LogP contribution in [0, 0.1) is 11.3 Å². The van der Waals surface area contributed by atoms with E-state index in [0.717, 1.165) is 0 Å². The zero-order chi connectivity index (χ0) is 14.1. The first-order chi connectivity index (χ1) is 8.22. The molecule has 3 N–H and O–H groups in total. The number of aliphatic carboxylic acids is 1. The highest BCUT2D eigenvalue weighted by Crippen LogP contribution is 2.36. The van der Waals surface area contributed by atoms with E-state index in [1.54, 1.807) is 13.8 Å². The van der Waals surface area contributed by atoms with Gasteiger partial charge in [0.05, 0.1) is 10.8 Å². The van der Waals surface area contributed by atoms with Crippen LogP contribution in [-0.4, -0.2) is 45.6 Å². The van der Waals surface area contributed by atoms with E-state index < -0.39 is 17.4 Å². The van der Waals surface area contributed by atoms with Crippen molar-refractivity contribution in [3.63, 3.8) is 0 Å². The fourth-order valence-corrected chi connectivity index (χ4v) is 3.40. The predicted octanol–water partition coefficient (Wildman–Crippen LogP) is 0.982. The lowest BCUT2D eigenvalue weighted by molar-refractivity contribution is -0.153. The first-order valence-corrected chi connectivity index (χ1v) is 7.14. The van der Waals surface area contributed by atoms with E-state index in [-0.39, 0.29) is 23.7 Å². The molecule has 1 fully saturated rings. The maximum atomic E-state index is 12.5. The quantitative estimate of drug-likeness (QED) is 0.798. The molecule has 2 unspecified atom stereocenters. The second-order valence-corrected chi connectivity index (χ2v) is 6.77. The van der Waals surface area contributed by atoms with Crippen molar-refractivity contribution in [1.29, 1.82) is 0 Å². The van der Waals surface area contributed by atoms with Crippen molar-refractivity contribution < 1.29 is 14.7 Å². The molecule has 0 radical (unpaired) electrons.